The highest BCUT2D eigenvalue weighted by Gasteiger charge is 2.21. The van der Waals surface area contributed by atoms with Gasteiger partial charge in [-0.25, -0.2) is 0 Å². The predicted octanol–water partition coefficient (Wildman–Crippen LogP) is 6.88. The summed E-state index contributed by atoms with van der Waals surface area (Å²) in [6, 6.07) is 16.5. The van der Waals surface area contributed by atoms with E-state index in [1.54, 1.807) is 6.07 Å². The summed E-state index contributed by atoms with van der Waals surface area (Å²) >= 11 is 25.1. The Morgan fingerprint density at radius 3 is 2.32 bits per heavy atom. The molecular weight excluding hydrogens is 516 g/mol. The number of piperazine rings is 1. The van der Waals surface area contributed by atoms with Gasteiger partial charge >= 0.3 is 0 Å². The molecule has 0 unspecified atom stereocenters. The Balaban J connectivity index is 1.40. The molecule has 1 aliphatic rings. The van der Waals surface area contributed by atoms with Gasteiger partial charge in [-0.1, -0.05) is 64.6 Å². The van der Waals surface area contributed by atoms with Crippen molar-refractivity contribution in [3.63, 3.8) is 0 Å². The number of hydrogen-bond acceptors (Lipinski definition) is 4. The summed E-state index contributed by atoms with van der Waals surface area (Å²) in [5.41, 5.74) is 2.87. The van der Waals surface area contributed by atoms with E-state index in [1.807, 2.05) is 30.3 Å². The third kappa shape index (κ3) is 5.73. The molecule has 0 spiro atoms. The number of benzene rings is 3. The molecule has 0 radical (unpaired) electrons. The van der Waals surface area contributed by atoms with Gasteiger partial charge < -0.3 is 15.0 Å². The predicted molar refractivity (Wildman–Crippen MR) is 141 cm³/mol. The standard InChI is InChI=1S/C25H23Cl4N3O2/c1-34-24-19(12-17(26)13-22(24)29)25(33)30-18-6-7-23(21(28)14-18)32-10-8-31(9-11-32)15-16-4-2-3-5-20(16)27/h2-7,12-14H,8-11,15H2,1H3,(H,30,33). The van der Waals surface area contributed by atoms with Gasteiger partial charge in [-0.3, -0.25) is 9.69 Å². The smallest absolute Gasteiger partial charge is 0.259 e. The second kappa shape index (κ2) is 11.1. The molecule has 1 fully saturated rings. The Kier molecular flexibility index (Phi) is 8.12. The molecule has 1 N–H and O–H groups in total. The van der Waals surface area contributed by atoms with E-state index in [0.29, 0.717) is 15.7 Å². The fourth-order valence-corrected chi connectivity index (χ4v) is 5.06. The zero-order valence-electron chi connectivity index (χ0n) is 18.5. The van der Waals surface area contributed by atoms with Crippen molar-refractivity contribution in [1.82, 2.24) is 4.90 Å². The van der Waals surface area contributed by atoms with E-state index >= 15 is 0 Å². The van der Waals surface area contributed by atoms with Crippen LogP contribution in [0.1, 0.15) is 15.9 Å². The second-order valence-corrected chi connectivity index (χ2v) is 9.60. The van der Waals surface area contributed by atoms with Gasteiger partial charge in [-0.05, 0) is 42.0 Å². The molecule has 178 valence electrons. The van der Waals surface area contributed by atoms with E-state index < -0.39 is 5.91 Å². The zero-order valence-corrected chi connectivity index (χ0v) is 21.5. The van der Waals surface area contributed by atoms with Crippen LogP contribution in [0.15, 0.2) is 54.6 Å². The SMILES string of the molecule is COc1c(Cl)cc(Cl)cc1C(=O)Nc1ccc(N2CCN(Cc3ccccc3Cl)CC2)c(Cl)c1. The second-order valence-electron chi connectivity index (χ2n) is 7.94. The van der Waals surface area contributed by atoms with E-state index in [4.69, 9.17) is 51.1 Å². The van der Waals surface area contributed by atoms with Crippen LogP contribution in [0.4, 0.5) is 11.4 Å². The summed E-state index contributed by atoms with van der Waals surface area (Å²) in [5, 5.41) is 4.81. The van der Waals surface area contributed by atoms with Crippen LogP contribution in [0.5, 0.6) is 5.75 Å². The Hall–Kier alpha value is -2.15. The van der Waals surface area contributed by atoms with Crippen LogP contribution in [0.25, 0.3) is 0 Å². The fourth-order valence-electron chi connectivity index (χ4n) is 3.99. The van der Waals surface area contributed by atoms with Crippen molar-refractivity contribution in [3.05, 3.63) is 85.8 Å². The van der Waals surface area contributed by atoms with Crippen molar-refractivity contribution in [2.24, 2.45) is 0 Å². The number of halogens is 4. The van der Waals surface area contributed by atoms with Crippen molar-refractivity contribution in [2.75, 3.05) is 43.5 Å². The van der Waals surface area contributed by atoms with Crippen molar-refractivity contribution in [1.29, 1.82) is 0 Å². The topological polar surface area (TPSA) is 44.8 Å². The Bertz CT molecular complexity index is 1200. The van der Waals surface area contributed by atoms with Gasteiger partial charge in [0.15, 0.2) is 0 Å². The molecule has 1 saturated heterocycles. The highest BCUT2D eigenvalue weighted by atomic mass is 35.5. The van der Waals surface area contributed by atoms with Crippen molar-refractivity contribution in [2.45, 2.75) is 6.54 Å². The minimum absolute atomic E-state index is 0.245. The summed E-state index contributed by atoms with van der Waals surface area (Å²) < 4.78 is 5.27. The third-order valence-electron chi connectivity index (χ3n) is 5.73. The molecule has 0 bridgehead atoms. The lowest BCUT2D eigenvalue weighted by Gasteiger charge is -2.36. The summed E-state index contributed by atoms with van der Waals surface area (Å²) in [7, 11) is 1.45. The average Bonchev–Trinajstić information content (AvgIpc) is 2.81. The normalized spacial score (nSPS) is 14.2. The van der Waals surface area contributed by atoms with Gasteiger partial charge in [0.1, 0.15) is 5.75 Å². The Morgan fingerprint density at radius 2 is 1.65 bits per heavy atom. The maximum atomic E-state index is 12.8. The van der Waals surface area contributed by atoms with Crippen molar-refractivity contribution < 1.29 is 9.53 Å². The molecule has 0 aromatic heterocycles. The average molecular weight is 539 g/mol. The number of nitrogens with one attached hydrogen (secondary N) is 1. The van der Waals surface area contributed by atoms with Gasteiger partial charge in [-0.15, -0.1) is 0 Å². The molecule has 1 amide bonds. The number of carbonyl (C=O) groups is 1. The Morgan fingerprint density at radius 1 is 0.912 bits per heavy atom. The van der Waals surface area contributed by atoms with Gasteiger partial charge in [0, 0.05) is 48.5 Å². The minimum Gasteiger partial charge on any atom is -0.494 e. The quantitative estimate of drug-likeness (QED) is 0.371. The van der Waals surface area contributed by atoms with E-state index in [-0.39, 0.29) is 16.3 Å². The summed E-state index contributed by atoms with van der Waals surface area (Å²) in [6.07, 6.45) is 0. The van der Waals surface area contributed by atoms with Crippen molar-refractivity contribution in [3.8, 4) is 5.75 Å². The molecule has 0 aliphatic carbocycles. The summed E-state index contributed by atoms with van der Waals surface area (Å²) in [4.78, 5) is 17.5. The van der Waals surface area contributed by atoms with E-state index in [0.717, 1.165) is 49.0 Å². The zero-order chi connectivity index (χ0) is 24.2. The highest BCUT2D eigenvalue weighted by Crippen LogP contribution is 2.34. The van der Waals surface area contributed by atoms with Crippen LogP contribution in [-0.2, 0) is 6.54 Å². The fraction of sp³-hybridized carbons (Fsp3) is 0.240. The number of anilines is 2. The van der Waals surface area contributed by atoms with Crippen LogP contribution in [0, 0.1) is 0 Å². The van der Waals surface area contributed by atoms with E-state index in [2.05, 4.69) is 21.2 Å². The molecule has 9 heteroatoms. The van der Waals surface area contributed by atoms with E-state index in [9.17, 15) is 4.79 Å². The number of amides is 1. The lowest BCUT2D eigenvalue weighted by molar-refractivity contribution is 0.102. The lowest BCUT2D eigenvalue weighted by Crippen LogP contribution is -2.46. The van der Waals surface area contributed by atoms with Crippen LogP contribution < -0.4 is 15.0 Å². The number of rotatable bonds is 6. The van der Waals surface area contributed by atoms with Crippen LogP contribution in [0.3, 0.4) is 0 Å². The van der Waals surface area contributed by atoms with E-state index in [1.165, 1.54) is 19.2 Å². The number of carbonyl (C=O) groups excluding carboxylic acids is 1. The molecule has 4 rings (SSSR count). The van der Waals surface area contributed by atoms with Crippen LogP contribution in [0.2, 0.25) is 20.1 Å². The van der Waals surface area contributed by atoms with Crippen molar-refractivity contribution >= 4 is 63.7 Å². The number of hydrogen-bond donors (Lipinski definition) is 1. The lowest BCUT2D eigenvalue weighted by atomic mass is 10.1. The first-order chi connectivity index (χ1) is 16.4. The van der Waals surface area contributed by atoms with Crippen LogP contribution >= 0.6 is 46.4 Å². The molecular formula is C25H23Cl4N3O2. The molecule has 1 aliphatic heterocycles. The maximum Gasteiger partial charge on any atom is 0.259 e. The molecule has 3 aromatic rings. The van der Waals surface area contributed by atoms with Gasteiger partial charge in [-0.2, -0.15) is 0 Å². The van der Waals surface area contributed by atoms with Gasteiger partial charge in [0.2, 0.25) is 0 Å². The number of nitrogens with zero attached hydrogens (tertiary/aromatic N) is 2. The minimum atomic E-state index is -0.391. The first-order valence-electron chi connectivity index (χ1n) is 10.7. The van der Waals surface area contributed by atoms with Gasteiger partial charge in [0.05, 0.1) is 28.4 Å². The van der Waals surface area contributed by atoms with Crippen LogP contribution in [-0.4, -0.2) is 44.1 Å². The van der Waals surface area contributed by atoms with Gasteiger partial charge in [0.25, 0.3) is 5.91 Å². The summed E-state index contributed by atoms with van der Waals surface area (Å²) in [6.45, 7) is 4.30. The first kappa shape index (κ1) is 25.0. The largest absolute Gasteiger partial charge is 0.494 e. The highest BCUT2D eigenvalue weighted by molar-refractivity contribution is 6.36. The molecule has 34 heavy (non-hydrogen) atoms. The molecule has 0 atom stereocenters. The first-order valence-corrected chi connectivity index (χ1v) is 12.2. The third-order valence-corrected chi connectivity index (χ3v) is 6.90. The Labute approximate surface area is 219 Å². The maximum absolute atomic E-state index is 12.8. The summed E-state index contributed by atoms with van der Waals surface area (Å²) in [5.74, 6) is -0.126. The molecule has 0 saturated carbocycles. The number of ether oxygens (including phenoxy) is 1. The molecule has 3 aromatic carbocycles. The molecule has 1 heterocycles. The molecule has 5 nitrogen and oxygen atoms in total. The monoisotopic (exact) mass is 537 g/mol. The number of methoxy groups -OCH3 is 1.